The van der Waals surface area contributed by atoms with Crippen LogP contribution in [0.1, 0.15) is 11.1 Å². The second-order valence-corrected chi connectivity index (χ2v) is 3.26. The van der Waals surface area contributed by atoms with Gasteiger partial charge in [0.15, 0.2) is 5.67 Å². The van der Waals surface area contributed by atoms with E-state index in [9.17, 15) is 8.78 Å². The van der Waals surface area contributed by atoms with Gasteiger partial charge in [-0.1, -0.05) is 6.07 Å². The standard InChI is InChI=1S/C10H7F2NO/c11-9-3-8(2-1-7(9)4-13)10(12)5-14-6-10/h1-3H,5-6H2. The molecule has 1 aromatic carbocycles. The second kappa shape index (κ2) is 3.03. The lowest BCUT2D eigenvalue weighted by Gasteiger charge is -2.34. The summed E-state index contributed by atoms with van der Waals surface area (Å²) in [5.41, 5.74) is -1.41. The third-order valence-corrected chi connectivity index (χ3v) is 2.27. The molecule has 0 aromatic heterocycles. The van der Waals surface area contributed by atoms with Gasteiger partial charge in [-0.25, -0.2) is 8.78 Å². The fraction of sp³-hybridized carbons (Fsp3) is 0.300. The monoisotopic (exact) mass is 195 g/mol. The van der Waals surface area contributed by atoms with Crippen LogP contribution < -0.4 is 0 Å². The van der Waals surface area contributed by atoms with Gasteiger partial charge in [0, 0.05) is 0 Å². The minimum Gasteiger partial charge on any atom is -0.374 e. The lowest BCUT2D eigenvalue weighted by Crippen LogP contribution is -2.42. The molecule has 1 aliphatic rings. The van der Waals surface area contributed by atoms with E-state index in [-0.39, 0.29) is 24.3 Å². The van der Waals surface area contributed by atoms with E-state index in [2.05, 4.69) is 0 Å². The molecule has 1 heterocycles. The Labute approximate surface area is 79.7 Å². The predicted molar refractivity (Wildman–Crippen MR) is 44.7 cm³/mol. The summed E-state index contributed by atoms with van der Waals surface area (Å²) in [5, 5.41) is 8.47. The minimum atomic E-state index is -1.57. The lowest BCUT2D eigenvalue weighted by molar-refractivity contribution is -0.135. The fourth-order valence-corrected chi connectivity index (χ4v) is 1.33. The lowest BCUT2D eigenvalue weighted by atomic mass is 9.93. The molecule has 0 unspecified atom stereocenters. The second-order valence-electron chi connectivity index (χ2n) is 3.26. The van der Waals surface area contributed by atoms with Crippen LogP contribution in [-0.2, 0) is 10.4 Å². The van der Waals surface area contributed by atoms with Crippen LogP contribution in [0.3, 0.4) is 0 Å². The van der Waals surface area contributed by atoms with Crippen molar-refractivity contribution in [3.05, 3.63) is 35.1 Å². The zero-order chi connectivity index (χ0) is 10.2. The molecule has 4 heteroatoms. The number of hydrogen-bond donors (Lipinski definition) is 0. The first-order valence-corrected chi connectivity index (χ1v) is 4.12. The van der Waals surface area contributed by atoms with Crippen molar-refractivity contribution in [2.75, 3.05) is 13.2 Å². The smallest absolute Gasteiger partial charge is 0.182 e. The molecule has 2 rings (SSSR count). The average molecular weight is 195 g/mol. The molecule has 0 bridgehead atoms. The maximum atomic E-state index is 13.7. The van der Waals surface area contributed by atoms with Crippen molar-refractivity contribution in [1.29, 1.82) is 5.26 Å². The first kappa shape index (κ1) is 9.10. The number of alkyl halides is 1. The van der Waals surface area contributed by atoms with Crippen molar-refractivity contribution in [3.8, 4) is 6.07 Å². The molecule has 14 heavy (non-hydrogen) atoms. The third-order valence-electron chi connectivity index (χ3n) is 2.27. The molecule has 72 valence electrons. The van der Waals surface area contributed by atoms with E-state index in [0.29, 0.717) is 0 Å². The van der Waals surface area contributed by atoms with Gasteiger partial charge in [0.1, 0.15) is 11.9 Å². The maximum absolute atomic E-state index is 13.7. The van der Waals surface area contributed by atoms with Gasteiger partial charge in [0.25, 0.3) is 0 Å². The van der Waals surface area contributed by atoms with Crippen LogP contribution in [-0.4, -0.2) is 13.2 Å². The summed E-state index contributed by atoms with van der Waals surface area (Å²) in [5.74, 6) is -0.686. The number of benzene rings is 1. The zero-order valence-corrected chi connectivity index (χ0v) is 7.26. The summed E-state index contributed by atoms with van der Waals surface area (Å²) in [6.45, 7) is -0.0866. The number of rotatable bonds is 1. The third kappa shape index (κ3) is 1.26. The summed E-state index contributed by atoms with van der Waals surface area (Å²) in [7, 11) is 0. The SMILES string of the molecule is N#Cc1ccc(C2(F)COC2)cc1F. The first-order valence-electron chi connectivity index (χ1n) is 4.12. The number of nitriles is 1. The molecule has 1 aliphatic heterocycles. The number of nitrogens with zero attached hydrogens (tertiary/aromatic N) is 1. The Balaban J connectivity index is 2.38. The summed E-state index contributed by atoms with van der Waals surface area (Å²) in [6, 6.07) is 5.44. The van der Waals surface area contributed by atoms with Gasteiger partial charge in [0.05, 0.1) is 18.8 Å². The summed E-state index contributed by atoms with van der Waals surface area (Å²) < 4.78 is 31.5. The van der Waals surface area contributed by atoms with Gasteiger partial charge in [-0.05, 0) is 17.7 Å². The largest absolute Gasteiger partial charge is 0.374 e. The predicted octanol–water partition coefficient (Wildman–Crippen LogP) is 1.89. The van der Waals surface area contributed by atoms with E-state index in [4.69, 9.17) is 10.00 Å². The quantitative estimate of drug-likeness (QED) is 0.685. The molecular weight excluding hydrogens is 188 g/mol. The summed E-state index contributed by atoms with van der Waals surface area (Å²) in [4.78, 5) is 0. The maximum Gasteiger partial charge on any atom is 0.182 e. The van der Waals surface area contributed by atoms with Crippen LogP contribution in [0.5, 0.6) is 0 Å². The zero-order valence-electron chi connectivity index (χ0n) is 7.26. The number of ether oxygens (including phenoxy) is 1. The van der Waals surface area contributed by atoms with Crippen LogP contribution in [0.25, 0.3) is 0 Å². The van der Waals surface area contributed by atoms with Crippen LogP contribution in [0.15, 0.2) is 18.2 Å². The van der Waals surface area contributed by atoms with Crippen molar-refractivity contribution in [3.63, 3.8) is 0 Å². The highest BCUT2D eigenvalue weighted by Gasteiger charge is 2.40. The van der Waals surface area contributed by atoms with Gasteiger partial charge >= 0.3 is 0 Å². The molecule has 0 spiro atoms. The van der Waals surface area contributed by atoms with E-state index >= 15 is 0 Å². The van der Waals surface area contributed by atoms with E-state index in [1.54, 1.807) is 6.07 Å². The van der Waals surface area contributed by atoms with Gasteiger partial charge in [0.2, 0.25) is 0 Å². The molecule has 0 atom stereocenters. The van der Waals surface area contributed by atoms with Crippen LogP contribution in [0.4, 0.5) is 8.78 Å². The number of hydrogen-bond acceptors (Lipinski definition) is 2. The van der Waals surface area contributed by atoms with Gasteiger partial charge in [-0.3, -0.25) is 0 Å². The Morgan fingerprint density at radius 1 is 1.43 bits per heavy atom. The van der Waals surface area contributed by atoms with E-state index in [0.717, 1.165) is 6.07 Å². The molecule has 2 nitrogen and oxygen atoms in total. The highest BCUT2D eigenvalue weighted by atomic mass is 19.1. The average Bonchev–Trinajstić information content (AvgIpc) is 2.14. The fourth-order valence-electron chi connectivity index (χ4n) is 1.33. The molecule has 1 fully saturated rings. The van der Waals surface area contributed by atoms with Crippen molar-refractivity contribution in [2.45, 2.75) is 5.67 Å². The van der Waals surface area contributed by atoms with E-state index in [1.807, 2.05) is 0 Å². The molecule has 1 saturated heterocycles. The van der Waals surface area contributed by atoms with E-state index in [1.165, 1.54) is 12.1 Å². The van der Waals surface area contributed by atoms with Crippen molar-refractivity contribution in [2.24, 2.45) is 0 Å². The van der Waals surface area contributed by atoms with Crippen molar-refractivity contribution >= 4 is 0 Å². The number of halogens is 2. The molecular formula is C10H7F2NO. The Morgan fingerprint density at radius 2 is 2.14 bits per heavy atom. The topological polar surface area (TPSA) is 33.0 Å². The molecule has 0 radical (unpaired) electrons. The van der Waals surface area contributed by atoms with Crippen molar-refractivity contribution in [1.82, 2.24) is 0 Å². The summed E-state index contributed by atoms with van der Waals surface area (Å²) >= 11 is 0. The van der Waals surface area contributed by atoms with Crippen LogP contribution in [0, 0.1) is 17.1 Å². The van der Waals surface area contributed by atoms with Gasteiger partial charge in [-0.15, -0.1) is 0 Å². The normalized spacial score (nSPS) is 18.4. The Bertz CT molecular complexity index is 407. The van der Waals surface area contributed by atoms with Crippen molar-refractivity contribution < 1.29 is 13.5 Å². The molecule has 0 saturated carbocycles. The molecule has 0 N–H and O–H groups in total. The van der Waals surface area contributed by atoms with Gasteiger partial charge < -0.3 is 4.74 Å². The first-order chi connectivity index (χ1) is 6.65. The van der Waals surface area contributed by atoms with E-state index < -0.39 is 11.5 Å². The Kier molecular flexibility index (Phi) is 1.97. The molecule has 1 aromatic rings. The Morgan fingerprint density at radius 3 is 2.57 bits per heavy atom. The van der Waals surface area contributed by atoms with Crippen LogP contribution >= 0.6 is 0 Å². The highest BCUT2D eigenvalue weighted by Crippen LogP contribution is 2.34. The molecule has 0 amide bonds. The Hall–Kier alpha value is -1.47. The highest BCUT2D eigenvalue weighted by molar-refractivity contribution is 5.36. The minimum absolute atomic E-state index is 0.0433. The van der Waals surface area contributed by atoms with Gasteiger partial charge in [-0.2, -0.15) is 5.26 Å². The molecule has 0 aliphatic carbocycles. The van der Waals surface area contributed by atoms with Crippen LogP contribution in [0.2, 0.25) is 0 Å². The summed E-state index contributed by atoms with van der Waals surface area (Å²) in [6.07, 6.45) is 0.